The van der Waals surface area contributed by atoms with Crippen LogP contribution >= 0.6 is 23.4 Å². The van der Waals surface area contributed by atoms with Gasteiger partial charge in [-0.3, -0.25) is 14.2 Å². The van der Waals surface area contributed by atoms with E-state index in [0.29, 0.717) is 39.0 Å². The molecule has 4 aromatic rings. The molecule has 3 aromatic carbocycles. The quantitative estimate of drug-likeness (QED) is 0.210. The van der Waals surface area contributed by atoms with Gasteiger partial charge in [0.2, 0.25) is 5.91 Å². The fourth-order valence-electron chi connectivity index (χ4n) is 3.92. The van der Waals surface area contributed by atoms with E-state index in [9.17, 15) is 9.59 Å². The maximum absolute atomic E-state index is 13.7. The molecule has 1 heterocycles. The molecule has 1 atom stereocenters. The molecule has 192 valence electrons. The highest BCUT2D eigenvalue weighted by Gasteiger charge is 2.23. The van der Waals surface area contributed by atoms with Crippen LogP contribution in [0.2, 0.25) is 5.02 Å². The zero-order chi connectivity index (χ0) is 26.5. The molecule has 1 amide bonds. The van der Waals surface area contributed by atoms with E-state index in [1.807, 2.05) is 50.2 Å². The molecule has 0 unspecified atom stereocenters. The molecule has 0 saturated carbocycles. The average molecular weight is 538 g/mol. The lowest BCUT2D eigenvalue weighted by atomic mass is 10.2. The molecule has 37 heavy (non-hydrogen) atoms. The summed E-state index contributed by atoms with van der Waals surface area (Å²) in [5.41, 5.74) is 2.89. The second-order valence-electron chi connectivity index (χ2n) is 8.51. The van der Waals surface area contributed by atoms with Gasteiger partial charge < -0.3 is 14.8 Å². The van der Waals surface area contributed by atoms with Gasteiger partial charge in [-0.15, -0.1) is 0 Å². The van der Waals surface area contributed by atoms with Crippen LogP contribution in [-0.4, -0.2) is 34.9 Å². The summed E-state index contributed by atoms with van der Waals surface area (Å²) in [5, 5.41) is 3.96. The van der Waals surface area contributed by atoms with E-state index in [4.69, 9.17) is 26.1 Å². The summed E-state index contributed by atoms with van der Waals surface area (Å²) < 4.78 is 12.4. The Morgan fingerprint density at radius 2 is 1.78 bits per heavy atom. The van der Waals surface area contributed by atoms with Gasteiger partial charge in [0.1, 0.15) is 0 Å². The van der Waals surface area contributed by atoms with Crippen molar-refractivity contribution in [3.8, 4) is 11.5 Å². The Balaban J connectivity index is 1.77. The highest BCUT2D eigenvalue weighted by molar-refractivity contribution is 8.00. The molecule has 0 aliphatic heterocycles. The molecular formula is C28H28ClN3O4S. The second-order valence-corrected chi connectivity index (χ2v) is 10.1. The van der Waals surface area contributed by atoms with Crippen LogP contribution in [0.5, 0.6) is 11.5 Å². The van der Waals surface area contributed by atoms with Crippen LogP contribution in [0.3, 0.4) is 0 Å². The van der Waals surface area contributed by atoms with Crippen LogP contribution in [0, 0.1) is 6.92 Å². The third-order valence-electron chi connectivity index (χ3n) is 5.87. The van der Waals surface area contributed by atoms with Crippen LogP contribution < -0.4 is 20.3 Å². The Morgan fingerprint density at radius 1 is 1.08 bits per heavy atom. The smallest absolute Gasteiger partial charge is 0.262 e. The fraction of sp³-hybridized carbons (Fsp3) is 0.250. The summed E-state index contributed by atoms with van der Waals surface area (Å²) >= 11 is 7.32. The normalized spacial score (nSPS) is 11.8. The van der Waals surface area contributed by atoms with Gasteiger partial charge in [-0.25, -0.2) is 4.98 Å². The number of aryl methyl sites for hydroxylation is 1. The first-order valence-corrected chi connectivity index (χ1v) is 13.0. The Hall–Kier alpha value is -3.49. The fourth-order valence-corrected chi connectivity index (χ4v) is 5.06. The van der Waals surface area contributed by atoms with Gasteiger partial charge in [0.25, 0.3) is 5.56 Å². The predicted molar refractivity (Wildman–Crippen MR) is 149 cm³/mol. The largest absolute Gasteiger partial charge is 0.493 e. The highest BCUT2D eigenvalue weighted by Crippen LogP contribution is 2.32. The van der Waals surface area contributed by atoms with Crippen LogP contribution in [0.25, 0.3) is 10.9 Å². The number of methoxy groups -OCH3 is 2. The van der Waals surface area contributed by atoms with Crippen LogP contribution in [-0.2, 0) is 11.3 Å². The van der Waals surface area contributed by atoms with Crippen molar-refractivity contribution in [1.82, 2.24) is 9.55 Å². The number of ether oxygens (including phenoxy) is 2. The van der Waals surface area contributed by atoms with E-state index in [0.717, 1.165) is 16.8 Å². The minimum absolute atomic E-state index is 0.155. The summed E-state index contributed by atoms with van der Waals surface area (Å²) in [5.74, 6) is 0.756. The Kier molecular flexibility index (Phi) is 8.41. The zero-order valence-corrected chi connectivity index (χ0v) is 22.7. The zero-order valence-electron chi connectivity index (χ0n) is 21.1. The number of nitrogens with one attached hydrogen (secondary N) is 1. The number of hydrogen-bond acceptors (Lipinski definition) is 6. The molecule has 1 aromatic heterocycles. The summed E-state index contributed by atoms with van der Waals surface area (Å²) in [6.45, 7) is 4.18. The number of carbonyl (C=O) groups excluding carboxylic acids is 1. The van der Waals surface area contributed by atoms with Crippen molar-refractivity contribution >= 4 is 45.9 Å². The third-order valence-corrected chi connectivity index (χ3v) is 7.48. The number of amides is 1. The third kappa shape index (κ3) is 6.09. The maximum Gasteiger partial charge on any atom is 0.262 e. The summed E-state index contributed by atoms with van der Waals surface area (Å²) in [6.07, 6.45) is 0.545. The molecule has 0 radical (unpaired) electrons. The van der Waals surface area contributed by atoms with E-state index in [1.165, 1.54) is 26.0 Å². The molecule has 7 nitrogen and oxygen atoms in total. The van der Waals surface area contributed by atoms with E-state index in [-0.39, 0.29) is 18.0 Å². The van der Waals surface area contributed by atoms with Crippen molar-refractivity contribution in [2.45, 2.75) is 37.2 Å². The number of nitrogens with zero attached hydrogens (tertiary/aromatic N) is 2. The number of rotatable bonds is 9. The topological polar surface area (TPSA) is 82.5 Å². The molecule has 0 fully saturated rings. The lowest BCUT2D eigenvalue weighted by Gasteiger charge is -2.19. The Bertz CT molecular complexity index is 1490. The molecule has 0 aliphatic rings. The van der Waals surface area contributed by atoms with Crippen molar-refractivity contribution in [2.75, 3.05) is 19.5 Å². The monoisotopic (exact) mass is 537 g/mol. The van der Waals surface area contributed by atoms with E-state index >= 15 is 0 Å². The molecule has 9 heteroatoms. The summed E-state index contributed by atoms with van der Waals surface area (Å²) in [6, 6.07) is 18.2. The van der Waals surface area contributed by atoms with Crippen molar-refractivity contribution in [3.63, 3.8) is 0 Å². The van der Waals surface area contributed by atoms with Crippen molar-refractivity contribution < 1.29 is 14.3 Å². The molecule has 4 rings (SSSR count). The van der Waals surface area contributed by atoms with E-state index in [2.05, 4.69) is 5.32 Å². The SMILES string of the molecule is CC[C@H](Sc1nc2cc(OC)c(OC)cc2c(=O)n1Cc1ccc(Cl)cc1)C(=O)Nc1cccc(C)c1. The van der Waals surface area contributed by atoms with Gasteiger partial charge in [-0.05, 0) is 54.8 Å². The van der Waals surface area contributed by atoms with E-state index in [1.54, 1.807) is 28.8 Å². The van der Waals surface area contributed by atoms with Gasteiger partial charge in [0.15, 0.2) is 16.7 Å². The number of fused-ring (bicyclic) bond motifs is 1. The minimum Gasteiger partial charge on any atom is -0.493 e. The van der Waals surface area contributed by atoms with Crippen LogP contribution in [0.15, 0.2) is 70.6 Å². The van der Waals surface area contributed by atoms with Gasteiger partial charge in [-0.1, -0.05) is 54.6 Å². The average Bonchev–Trinajstić information content (AvgIpc) is 2.89. The molecule has 1 N–H and O–H groups in total. The van der Waals surface area contributed by atoms with Crippen molar-refractivity contribution in [3.05, 3.63) is 87.2 Å². The van der Waals surface area contributed by atoms with Crippen molar-refractivity contribution in [1.29, 1.82) is 0 Å². The molecule has 0 spiro atoms. The number of benzene rings is 3. The highest BCUT2D eigenvalue weighted by atomic mass is 35.5. The summed E-state index contributed by atoms with van der Waals surface area (Å²) in [4.78, 5) is 31.8. The first-order valence-electron chi connectivity index (χ1n) is 11.8. The molecule has 0 bridgehead atoms. The van der Waals surface area contributed by atoms with Gasteiger partial charge in [0, 0.05) is 16.8 Å². The lowest BCUT2D eigenvalue weighted by molar-refractivity contribution is -0.115. The number of anilines is 1. The van der Waals surface area contributed by atoms with Gasteiger partial charge in [0.05, 0.1) is 36.9 Å². The first-order chi connectivity index (χ1) is 17.8. The number of hydrogen-bond donors (Lipinski definition) is 1. The Labute approximate surface area is 224 Å². The first kappa shape index (κ1) is 26.6. The number of carbonyl (C=O) groups is 1. The van der Waals surface area contributed by atoms with Crippen LogP contribution in [0.4, 0.5) is 5.69 Å². The van der Waals surface area contributed by atoms with Crippen molar-refractivity contribution in [2.24, 2.45) is 0 Å². The molecule has 0 saturated heterocycles. The minimum atomic E-state index is -0.471. The second kappa shape index (κ2) is 11.7. The van der Waals surface area contributed by atoms with Gasteiger partial charge in [-0.2, -0.15) is 0 Å². The lowest BCUT2D eigenvalue weighted by Crippen LogP contribution is -2.28. The molecule has 0 aliphatic carbocycles. The molecular weight excluding hydrogens is 510 g/mol. The maximum atomic E-state index is 13.7. The summed E-state index contributed by atoms with van der Waals surface area (Å²) in [7, 11) is 3.05. The van der Waals surface area contributed by atoms with E-state index < -0.39 is 5.25 Å². The number of aromatic nitrogens is 2. The van der Waals surface area contributed by atoms with Crippen LogP contribution in [0.1, 0.15) is 24.5 Å². The number of halogens is 1. The number of thioether (sulfide) groups is 1. The standard InChI is InChI=1S/C28H28ClN3O4S/c1-5-25(26(33)30-20-8-6-7-17(2)13-20)37-28-31-22-15-24(36-4)23(35-3)14-21(22)27(34)32(28)16-18-9-11-19(29)12-10-18/h6-15,25H,5,16H2,1-4H3,(H,30,33)/t25-/m0/s1. The Morgan fingerprint density at radius 3 is 2.43 bits per heavy atom. The predicted octanol–water partition coefficient (Wildman–Crippen LogP) is 5.93. The van der Waals surface area contributed by atoms with Gasteiger partial charge >= 0.3 is 0 Å².